The molecule has 0 amide bonds. The number of nitrogens with two attached hydrogens (primary N) is 1. The lowest BCUT2D eigenvalue weighted by atomic mass is 10.2. The summed E-state index contributed by atoms with van der Waals surface area (Å²) in [6.45, 7) is 2.98. The maximum absolute atomic E-state index is 5.76. The van der Waals surface area contributed by atoms with Crippen LogP contribution in [0.2, 0.25) is 0 Å². The first-order chi connectivity index (χ1) is 9.10. The zero-order valence-corrected chi connectivity index (χ0v) is 12.9. The van der Waals surface area contributed by atoms with E-state index in [1.54, 1.807) is 6.20 Å². The molecule has 0 aliphatic rings. The molecular weight excluding hydrogens is 326 g/mol. The van der Waals surface area contributed by atoms with E-state index in [-0.39, 0.29) is 0 Å². The Labute approximate surface area is 125 Å². The van der Waals surface area contributed by atoms with Crippen LogP contribution in [0.1, 0.15) is 18.9 Å². The Balaban J connectivity index is 2.16. The lowest BCUT2D eigenvalue weighted by Gasteiger charge is -2.07. The molecule has 0 aliphatic carbocycles. The third-order valence-electron chi connectivity index (χ3n) is 2.51. The number of rotatable bonds is 5. The second kappa shape index (κ2) is 6.16. The Hall–Kier alpha value is -1.40. The van der Waals surface area contributed by atoms with Gasteiger partial charge in [0, 0.05) is 12.1 Å². The first-order valence-corrected chi connectivity index (χ1v) is 7.10. The lowest BCUT2D eigenvalue weighted by Crippen LogP contribution is -2.08. The molecule has 0 bridgehead atoms. The molecule has 0 aliphatic heterocycles. The summed E-state index contributed by atoms with van der Waals surface area (Å²) in [6, 6.07) is 5.50. The number of nitrogens with zero attached hydrogens (tertiary/aromatic N) is 2. The second-order valence-electron chi connectivity index (χ2n) is 4.05. The van der Waals surface area contributed by atoms with Gasteiger partial charge in [-0.3, -0.25) is 4.68 Å². The van der Waals surface area contributed by atoms with Crippen LogP contribution < -0.4 is 10.5 Å². The monoisotopic (exact) mass is 339 g/mol. The van der Waals surface area contributed by atoms with Crippen LogP contribution in [0.4, 0.5) is 0 Å². The minimum Gasteiger partial charge on any atom is -0.453 e. The maximum Gasteiger partial charge on any atom is 0.165 e. The van der Waals surface area contributed by atoms with Gasteiger partial charge >= 0.3 is 0 Å². The molecule has 0 spiro atoms. The van der Waals surface area contributed by atoms with Gasteiger partial charge in [0.2, 0.25) is 0 Å². The van der Waals surface area contributed by atoms with Crippen molar-refractivity contribution in [2.45, 2.75) is 19.9 Å². The number of aryl methyl sites for hydroxylation is 1. The molecule has 1 aromatic carbocycles. The zero-order chi connectivity index (χ0) is 13.8. The van der Waals surface area contributed by atoms with Crippen molar-refractivity contribution in [1.82, 2.24) is 9.78 Å². The average Bonchev–Trinajstić information content (AvgIpc) is 2.79. The van der Waals surface area contributed by atoms with E-state index in [1.165, 1.54) is 0 Å². The fraction of sp³-hybridized carbons (Fsp3) is 0.231. The van der Waals surface area contributed by atoms with Gasteiger partial charge in [0.1, 0.15) is 10.7 Å². The molecule has 4 nitrogen and oxygen atoms in total. The molecule has 2 aromatic rings. The molecule has 0 fully saturated rings. The Bertz CT molecular complexity index is 597. The van der Waals surface area contributed by atoms with E-state index in [4.69, 9.17) is 22.7 Å². The fourth-order valence-electron chi connectivity index (χ4n) is 1.61. The SMILES string of the molecule is CCCn1cc(Oc2ccc(C(N)=S)cc2Br)cn1. The molecule has 1 aromatic heterocycles. The van der Waals surface area contributed by atoms with Crippen molar-refractivity contribution >= 4 is 33.1 Å². The van der Waals surface area contributed by atoms with Gasteiger partial charge in [-0.15, -0.1) is 0 Å². The van der Waals surface area contributed by atoms with Gasteiger partial charge in [-0.25, -0.2) is 0 Å². The first kappa shape index (κ1) is 14.0. The lowest BCUT2D eigenvalue weighted by molar-refractivity contribution is 0.477. The van der Waals surface area contributed by atoms with Crippen molar-refractivity contribution in [3.8, 4) is 11.5 Å². The molecule has 0 saturated heterocycles. The predicted molar refractivity (Wildman–Crippen MR) is 82.6 cm³/mol. The Morgan fingerprint density at radius 3 is 2.95 bits per heavy atom. The average molecular weight is 340 g/mol. The molecule has 6 heteroatoms. The standard InChI is InChI=1S/C13H14BrN3OS/c1-2-5-17-8-10(7-16-17)18-12-4-3-9(13(15)19)6-11(12)14/h3-4,6-8H,2,5H2,1H3,(H2,15,19). The number of hydrogen-bond donors (Lipinski definition) is 1. The van der Waals surface area contributed by atoms with E-state index in [1.807, 2.05) is 29.1 Å². The fourth-order valence-corrected chi connectivity index (χ4v) is 2.20. The number of hydrogen-bond acceptors (Lipinski definition) is 3. The smallest absolute Gasteiger partial charge is 0.165 e. The predicted octanol–water partition coefficient (Wildman–Crippen LogP) is 3.48. The summed E-state index contributed by atoms with van der Waals surface area (Å²) in [7, 11) is 0. The van der Waals surface area contributed by atoms with Gasteiger partial charge in [-0.1, -0.05) is 19.1 Å². The van der Waals surface area contributed by atoms with Crippen molar-refractivity contribution in [3.63, 3.8) is 0 Å². The summed E-state index contributed by atoms with van der Waals surface area (Å²) in [5, 5.41) is 4.21. The van der Waals surface area contributed by atoms with Crippen molar-refractivity contribution in [2.75, 3.05) is 0 Å². The van der Waals surface area contributed by atoms with Crippen molar-refractivity contribution in [2.24, 2.45) is 5.73 Å². The largest absolute Gasteiger partial charge is 0.453 e. The van der Waals surface area contributed by atoms with E-state index >= 15 is 0 Å². The highest BCUT2D eigenvalue weighted by Gasteiger charge is 2.07. The molecule has 0 atom stereocenters. The van der Waals surface area contributed by atoms with Crippen LogP contribution in [0, 0.1) is 0 Å². The highest BCUT2D eigenvalue weighted by atomic mass is 79.9. The van der Waals surface area contributed by atoms with E-state index in [0.29, 0.717) is 16.5 Å². The van der Waals surface area contributed by atoms with Crippen LogP contribution in [-0.2, 0) is 6.54 Å². The molecule has 2 N–H and O–H groups in total. The summed E-state index contributed by atoms with van der Waals surface area (Å²) in [5.41, 5.74) is 6.38. The second-order valence-corrected chi connectivity index (χ2v) is 5.34. The van der Waals surface area contributed by atoms with Crippen LogP contribution in [0.25, 0.3) is 0 Å². The van der Waals surface area contributed by atoms with Crippen LogP contribution in [0.3, 0.4) is 0 Å². The molecule has 19 heavy (non-hydrogen) atoms. The minimum absolute atomic E-state index is 0.364. The Kier molecular flexibility index (Phi) is 4.55. The van der Waals surface area contributed by atoms with E-state index in [0.717, 1.165) is 23.0 Å². The molecule has 100 valence electrons. The molecular formula is C13H14BrN3OS. The van der Waals surface area contributed by atoms with Crippen LogP contribution in [-0.4, -0.2) is 14.8 Å². The van der Waals surface area contributed by atoms with Crippen LogP contribution in [0.5, 0.6) is 11.5 Å². The third kappa shape index (κ3) is 3.54. The summed E-state index contributed by atoms with van der Waals surface area (Å²) in [5.74, 6) is 1.41. The van der Waals surface area contributed by atoms with Gasteiger partial charge in [0.15, 0.2) is 5.75 Å². The number of halogens is 1. The minimum atomic E-state index is 0.364. The van der Waals surface area contributed by atoms with Crippen LogP contribution in [0.15, 0.2) is 35.1 Å². The van der Waals surface area contributed by atoms with Gasteiger partial charge < -0.3 is 10.5 Å². The van der Waals surface area contributed by atoms with E-state index in [9.17, 15) is 0 Å². The molecule has 0 unspecified atom stereocenters. The van der Waals surface area contributed by atoms with Crippen molar-refractivity contribution in [3.05, 3.63) is 40.6 Å². The summed E-state index contributed by atoms with van der Waals surface area (Å²) >= 11 is 8.37. The van der Waals surface area contributed by atoms with E-state index in [2.05, 4.69) is 28.0 Å². The maximum atomic E-state index is 5.76. The highest BCUT2D eigenvalue weighted by Crippen LogP contribution is 2.30. The Morgan fingerprint density at radius 2 is 2.32 bits per heavy atom. The number of benzene rings is 1. The number of aromatic nitrogens is 2. The normalized spacial score (nSPS) is 10.4. The summed E-state index contributed by atoms with van der Waals surface area (Å²) in [6.07, 6.45) is 4.61. The molecule has 0 radical (unpaired) electrons. The van der Waals surface area contributed by atoms with Gasteiger partial charge in [0.25, 0.3) is 0 Å². The zero-order valence-electron chi connectivity index (χ0n) is 10.5. The number of ether oxygens (including phenoxy) is 1. The summed E-state index contributed by atoms with van der Waals surface area (Å²) in [4.78, 5) is 0.364. The summed E-state index contributed by atoms with van der Waals surface area (Å²) < 4.78 is 8.42. The molecule has 1 heterocycles. The van der Waals surface area contributed by atoms with Gasteiger partial charge in [-0.2, -0.15) is 5.10 Å². The van der Waals surface area contributed by atoms with E-state index < -0.39 is 0 Å². The quantitative estimate of drug-likeness (QED) is 0.847. The van der Waals surface area contributed by atoms with Gasteiger partial charge in [0.05, 0.1) is 16.9 Å². The number of thiocarbonyl (C=S) groups is 1. The van der Waals surface area contributed by atoms with Gasteiger partial charge in [-0.05, 0) is 40.5 Å². The third-order valence-corrected chi connectivity index (χ3v) is 3.36. The van der Waals surface area contributed by atoms with Crippen molar-refractivity contribution < 1.29 is 4.74 Å². The molecule has 0 saturated carbocycles. The van der Waals surface area contributed by atoms with Crippen molar-refractivity contribution in [1.29, 1.82) is 0 Å². The van der Waals surface area contributed by atoms with Crippen LogP contribution >= 0.6 is 28.1 Å². The highest BCUT2D eigenvalue weighted by molar-refractivity contribution is 9.10. The first-order valence-electron chi connectivity index (χ1n) is 5.90. The Morgan fingerprint density at radius 1 is 1.53 bits per heavy atom. The molecule has 2 rings (SSSR count). The topological polar surface area (TPSA) is 53.1 Å².